The Labute approximate surface area is 130 Å². The van der Waals surface area contributed by atoms with Gasteiger partial charge in [0.15, 0.2) is 5.82 Å². The highest BCUT2D eigenvalue weighted by Gasteiger charge is 2.25. The predicted molar refractivity (Wildman–Crippen MR) is 82.3 cm³/mol. The second-order valence-electron chi connectivity index (χ2n) is 5.75. The zero-order valence-electron chi connectivity index (χ0n) is 12.6. The van der Waals surface area contributed by atoms with Gasteiger partial charge in [-0.3, -0.25) is 4.90 Å². The molecule has 1 aromatic rings. The summed E-state index contributed by atoms with van der Waals surface area (Å²) >= 11 is 1.82. The van der Waals surface area contributed by atoms with Crippen molar-refractivity contribution in [1.29, 1.82) is 0 Å². The van der Waals surface area contributed by atoms with Crippen LogP contribution in [0.2, 0.25) is 0 Å². The highest BCUT2D eigenvalue weighted by molar-refractivity contribution is 7.98. The standard InChI is InChI=1S/C14H24N4O2S/c1-18-6-5-15-8-12(18)14-16-13(20-17-14)10-21-9-11-4-2-3-7-19-11/h11-12,15H,2-10H2,1H3. The molecule has 21 heavy (non-hydrogen) atoms. The van der Waals surface area contributed by atoms with E-state index in [-0.39, 0.29) is 6.04 Å². The number of hydrogen-bond donors (Lipinski definition) is 1. The largest absolute Gasteiger partial charge is 0.377 e. The summed E-state index contributed by atoms with van der Waals surface area (Å²) < 4.78 is 11.1. The first-order chi connectivity index (χ1) is 10.3. The van der Waals surface area contributed by atoms with Crippen molar-refractivity contribution in [3.8, 4) is 0 Å². The molecule has 2 saturated heterocycles. The van der Waals surface area contributed by atoms with Crippen molar-refractivity contribution in [3.63, 3.8) is 0 Å². The number of thioether (sulfide) groups is 1. The number of aromatic nitrogens is 2. The van der Waals surface area contributed by atoms with Crippen LogP contribution in [0.5, 0.6) is 0 Å². The first kappa shape index (κ1) is 15.3. The van der Waals surface area contributed by atoms with E-state index >= 15 is 0 Å². The molecular formula is C14H24N4O2S. The highest BCUT2D eigenvalue weighted by atomic mass is 32.2. The minimum atomic E-state index is 0.225. The number of ether oxygens (including phenoxy) is 1. The zero-order chi connectivity index (χ0) is 14.5. The molecule has 2 aliphatic heterocycles. The molecule has 7 heteroatoms. The van der Waals surface area contributed by atoms with Gasteiger partial charge in [0.2, 0.25) is 5.89 Å². The maximum Gasteiger partial charge on any atom is 0.236 e. The number of likely N-dealkylation sites (N-methyl/N-ethyl adjacent to an activating group) is 1. The summed E-state index contributed by atoms with van der Waals surface area (Å²) in [6.45, 7) is 3.84. The van der Waals surface area contributed by atoms with Crippen molar-refractivity contribution in [1.82, 2.24) is 20.4 Å². The fourth-order valence-electron chi connectivity index (χ4n) is 2.77. The van der Waals surface area contributed by atoms with Crippen molar-refractivity contribution in [2.45, 2.75) is 37.2 Å². The van der Waals surface area contributed by atoms with Gasteiger partial charge in [0.25, 0.3) is 0 Å². The SMILES string of the molecule is CN1CCNCC1c1noc(CSCC2CCCCO2)n1. The summed E-state index contributed by atoms with van der Waals surface area (Å²) in [6, 6.07) is 0.225. The molecule has 0 aromatic carbocycles. The Bertz CT molecular complexity index is 436. The topological polar surface area (TPSA) is 63.4 Å². The van der Waals surface area contributed by atoms with Gasteiger partial charge >= 0.3 is 0 Å². The maximum atomic E-state index is 5.73. The number of nitrogens with one attached hydrogen (secondary N) is 1. The first-order valence-corrected chi connectivity index (χ1v) is 8.91. The van der Waals surface area contributed by atoms with Crippen LogP contribution >= 0.6 is 11.8 Å². The van der Waals surface area contributed by atoms with E-state index in [2.05, 4.69) is 27.4 Å². The van der Waals surface area contributed by atoms with Gasteiger partial charge in [-0.25, -0.2) is 0 Å². The Hall–Kier alpha value is -0.630. The number of piperazine rings is 1. The monoisotopic (exact) mass is 312 g/mol. The average molecular weight is 312 g/mol. The molecule has 0 bridgehead atoms. The molecular weight excluding hydrogens is 288 g/mol. The Morgan fingerprint density at radius 1 is 1.43 bits per heavy atom. The third-order valence-electron chi connectivity index (χ3n) is 4.10. The van der Waals surface area contributed by atoms with E-state index in [0.29, 0.717) is 6.10 Å². The molecule has 1 aromatic heterocycles. The van der Waals surface area contributed by atoms with E-state index in [1.165, 1.54) is 19.3 Å². The Morgan fingerprint density at radius 2 is 2.38 bits per heavy atom. The second kappa shape index (κ2) is 7.58. The molecule has 2 atom stereocenters. The van der Waals surface area contributed by atoms with E-state index in [9.17, 15) is 0 Å². The van der Waals surface area contributed by atoms with Gasteiger partial charge in [0.05, 0.1) is 17.9 Å². The number of hydrogen-bond acceptors (Lipinski definition) is 7. The molecule has 1 N–H and O–H groups in total. The number of nitrogens with zero attached hydrogens (tertiary/aromatic N) is 3. The van der Waals surface area contributed by atoms with Crippen molar-refractivity contribution >= 4 is 11.8 Å². The van der Waals surface area contributed by atoms with E-state index in [1.54, 1.807) is 0 Å². The molecule has 2 aliphatic rings. The summed E-state index contributed by atoms with van der Waals surface area (Å²) in [5.74, 6) is 3.32. The molecule has 2 fully saturated rings. The highest BCUT2D eigenvalue weighted by Crippen LogP contribution is 2.21. The van der Waals surface area contributed by atoms with Crippen LogP contribution in [-0.2, 0) is 10.5 Å². The van der Waals surface area contributed by atoms with Crippen molar-refractivity contribution in [2.75, 3.05) is 39.0 Å². The molecule has 2 unspecified atom stereocenters. The van der Waals surface area contributed by atoms with Crippen LogP contribution in [0.4, 0.5) is 0 Å². The molecule has 3 heterocycles. The Kier molecular flexibility index (Phi) is 5.51. The molecule has 0 amide bonds. The number of rotatable bonds is 5. The fourth-order valence-corrected chi connectivity index (χ4v) is 3.71. The predicted octanol–water partition coefficient (Wildman–Crippen LogP) is 1.45. The molecule has 3 rings (SSSR count). The Balaban J connectivity index is 1.46. The van der Waals surface area contributed by atoms with Crippen LogP contribution in [0.1, 0.15) is 37.0 Å². The van der Waals surface area contributed by atoms with E-state index in [1.807, 2.05) is 11.8 Å². The minimum absolute atomic E-state index is 0.225. The Morgan fingerprint density at radius 3 is 3.19 bits per heavy atom. The van der Waals surface area contributed by atoms with E-state index in [4.69, 9.17) is 9.26 Å². The summed E-state index contributed by atoms with van der Waals surface area (Å²) in [7, 11) is 2.11. The molecule has 0 aliphatic carbocycles. The van der Waals surface area contributed by atoms with Crippen LogP contribution in [-0.4, -0.2) is 60.2 Å². The lowest BCUT2D eigenvalue weighted by Gasteiger charge is -2.30. The van der Waals surface area contributed by atoms with Gasteiger partial charge < -0.3 is 14.6 Å². The van der Waals surface area contributed by atoms with Crippen molar-refractivity contribution < 1.29 is 9.26 Å². The zero-order valence-corrected chi connectivity index (χ0v) is 13.4. The third-order valence-corrected chi connectivity index (χ3v) is 5.15. The molecule has 0 saturated carbocycles. The second-order valence-corrected chi connectivity index (χ2v) is 6.78. The minimum Gasteiger partial charge on any atom is -0.377 e. The van der Waals surface area contributed by atoms with Crippen LogP contribution in [0.3, 0.4) is 0 Å². The molecule has 6 nitrogen and oxygen atoms in total. The van der Waals surface area contributed by atoms with Crippen LogP contribution in [0.25, 0.3) is 0 Å². The molecule has 0 spiro atoms. The first-order valence-electron chi connectivity index (χ1n) is 7.75. The van der Waals surface area contributed by atoms with Crippen molar-refractivity contribution in [2.24, 2.45) is 0 Å². The third kappa shape index (κ3) is 4.18. The van der Waals surface area contributed by atoms with E-state index < -0.39 is 0 Å². The van der Waals surface area contributed by atoms with Crippen LogP contribution in [0, 0.1) is 0 Å². The van der Waals surface area contributed by atoms with Crippen molar-refractivity contribution in [3.05, 3.63) is 11.7 Å². The maximum absolute atomic E-state index is 5.73. The molecule has 118 valence electrons. The summed E-state index contributed by atoms with van der Waals surface area (Å²) in [5, 5.41) is 7.52. The summed E-state index contributed by atoms with van der Waals surface area (Å²) in [6.07, 6.45) is 4.08. The van der Waals surface area contributed by atoms with Gasteiger partial charge in [-0.2, -0.15) is 4.98 Å². The van der Waals surface area contributed by atoms with Gasteiger partial charge in [0.1, 0.15) is 0 Å². The quantitative estimate of drug-likeness (QED) is 0.883. The van der Waals surface area contributed by atoms with Gasteiger partial charge in [-0.15, -0.1) is 11.8 Å². The van der Waals surface area contributed by atoms with Crippen LogP contribution in [0.15, 0.2) is 4.52 Å². The lowest BCUT2D eigenvalue weighted by molar-refractivity contribution is 0.0315. The molecule has 0 radical (unpaired) electrons. The summed E-state index contributed by atoms with van der Waals surface area (Å²) in [5.41, 5.74) is 0. The summed E-state index contributed by atoms with van der Waals surface area (Å²) in [4.78, 5) is 6.82. The van der Waals surface area contributed by atoms with Crippen LogP contribution < -0.4 is 5.32 Å². The smallest absolute Gasteiger partial charge is 0.236 e. The lowest BCUT2D eigenvalue weighted by atomic mass is 10.1. The average Bonchev–Trinajstić information content (AvgIpc) is 2.97. The normalized spacial score (nSPS) is 27.9. The van der Waals surface area contributed by atoms with E-state index in [0.717, 1.165) is 49.5 Å². The fraction of sp³-hybridized carbons (Fsp3) is 0.857. The van der Waals surface area contributed by atoms with Gasteiger partial charge in [0, 0.05) is 32.0 Å². The van der Waals surface area contributed by atoms with Gasteiger partial charge in [-0.1, -0.05) is 5.16 Å². The lowest BCUT2D eigenvalue weighted by Crippen LogP contribution is -2.44. The van der Waals surface area contributed by atoms with Gasteiger partial charge in [-0.05, 0) is 26.3 Å².